The van der Waals surface area contributed by atoms with Crippen molar-refractivity contribution in [2.24, 2.45) is 0 Å². The molecule has 0 aromatic heterocycles. The molecule has 3 rings (SSSR count). The minimum atomic E-state index is -1.44. The molecule has 1 aliphatic rings. The van der Waals surface area contributed by atoms with Crippen molar-refractivity contribution in [3.8, 4) is 11.5 Å². The SMILES string of the molecule is CC(=O)OC[C@H]1O[C@@H](Oc2cc3ccccc3cc2O)[C@H](OC(C)=O)[C@@H](OC(C)=O)[C@H]1OC(C)=O. The van der Waals surface area contributed by atoms with Crippen molar-refractivity contribution in [3.05, 3.63) is 36.4 Å². The quantitative estimate of drug-likeness (QED) is 0.449. The van der Waals surface area contributed by atoms with Crippen molar-refractivity contribution in [2.75, 3.05) is 6.61 Å². The number of carbonyl (C=O) groups is 4. The van der Waals surface area contributed by atoms with Gasteiger partial charge in [0.2, 0.25) is 12.4 Å². The smallest absolute Gasteiger partial charge is 0.303 e. The van der Waals surface area contributed by atoms with Crippen molar-refractivity contribution in [3.63, 3.8) is 0 Å². The molecule has 0 bridgehead atoms. The zero-order chi connectivity index (χ0) is 25.7. The highest BCUT2D eigenvalue weighted by molar-refractivity contribution is 5.85. The zero-order valence-electron chi connectivity index (χ0n) is 19.6. The number of phenols is 1. The van der Waals surface area contributed by atoms with Crippen LogP contribution in [0.25, 0.3) is 10.8 Å². The van der Waals surface area contributed by atoms with Gasteiger partial charge in [-0.1, -0.05) is 24.3 Å². The van der Waals surface area contributed by atoms with Crippen LogP contribution in [0.3, 0.4) is 0 Å². The maximum Gasteiger partial charge on any atom is 0.303 e. The average molecular weight is 490 g/mol. The summed E-state index contributed by atoms with van der Waals surface area (Å²) in [6.07, 6.45) is -6.68. The van der Waals surface area contributed by atoms with Gasteiger partial charge in [-0.2, -0.15) is 0 Å². The van der Waals surface area contributed by atoms with E-state index in [2.05, 4.69) is 0 Å². The Bertz CT molecular complexity index is 1110. The molecule has 2 aromatic carbocycles. The number of fused-ring (bicyclic) bond motifs is 1. The highest BCUT2D eigenvalue weighted by Crippen LogP contribution is 2.36. The van der Waals surface area contributed by atoms with E-state index in [4.69, 9.17) is 28.4 Å². The fourth-order valence-electron chi connectivity index (χ4n) is 3.71. The normalized spacial score (nSPS) is 23.7. The molecular formula is C24H26O11. The molecule has 1 aliphatic heterocycles. The highest BCUT2D eigenvalue weighted by atomic mass is 16.7. The topological polar surface area (TPSA) is 144 Å². The van der Waals surface area contributed by atoms with Crippen molar-refractivity contribution in [1.29, 1.82) is 0 Å². The maximum absolute atomic E-state index is 11.9. The van der Waals surface area contributed by atoms with Crippen molar-refractivity contribution in [1.82, 2.24) is 0 Å². The van der Waals surface area contributed by atoms with E-state index in [1.54, 1.807) is 24.3 Å². The number of carbonyl (C=O) groups excluding carboxylic acids is 4. The molecule has 5 atom stereocenters. The minimum Gasteiger partial charge on any atom is -0.504 e. The molecule has 188 valence electrons. The maximum atomic E-state index is 11.9. The van der Waals surface area contributed by atoms with E-state index < -0.39 is 54.6 Å². The largest absolute Gasteiger partial charge is 0.504 e. The van der Waals surface area contributed by atoms with Gasteiger partial charge in [-0.3, -0.25) is 19.2 Å². The van der Waals surface area contributed by atoms with Gasteiger partial charge in [0.15, 0.2) is 23.7 Å². The minimum absolute atomic E-state index is 0.00963. The average Bonchev–Trinajstić information content (AvgIpc) is 2.76. The lowest BCUT2D eigenvalue weighted by atomic mass is 9.98. The molecule has 11 heteroatoms. The molecule has 0 amide bonds. The fourth-order valence-corrected chi connectivity index (χ4v) is 3.71. The molecule has 1 fully saturated rings. The lowest BCUT2D eigenvalue weighted by molar-refractivity contribution is -0.288. The second-order valence-corrected chi connectivity index (χ2v) is 7.85. The number of hydrogen-bond donors (Lipinski definition) is 1. The summed E-state index contributed by atoms with van der Waals surface area (Å²) in [5, 5.41) is 12.0. The first-order chi connectivity index (χ1) is 16.5. The van der Waals surface area contributed by atoms with E-state index in [1.807, 2.05) is 6.07 Å². The number of hydrogen-bond acceptors (Lipinski definition) is 11. The van der Waals surface area contributed by atoms with Gasteiger partial charge < -0.3 is 33.5 Å². The second-order valence-electron chi connectivity index (χ2n) is 7.85. The zero-order valence-corrected chi connectivity index (χ0v) is 19.6. The number of esters is 4. The van der Waals surface area contributed by atoms with Gasteiger partial charge in [0.25, 0.3) is 0 Å². The molecule has 35 heavy (non-hydrogen) atoms. The first kappa shape index (κ1) is 25.8. The van der Waals surface area contributed by atoms with Gasteiger partial charge in [0.1, 0.15) is 12.7 Å². The Kier molecular flexibility index (Phi) is 8.13. The number of rotatable bonds is 7. The molecule has 1 saturated heterocycles. The number of phenolic OH excluding ortho intramolecular Hbond substituents is 1. The molecule has 0 radical (unpaired) electrons. The van der Waals surface area contributed by atoms with Gasteiger partial charge in [-0.25, -0.2) is 0 Å². The lowest BCUT2D eigenvalue weighted by Gasteiger charge is -2.43. The summed E-state index contributed by atoms with van der Waals surface area (Å²) in [6.45, 7) is 4.17. The van der Waals surface area contributed by atoms with Crippen LogP contribution in [0.4, 0.5) is 0 Å². The Labute approximate surface area is 200 Å². The lowest BCUT2D eigenvalue weighted by Crippen LogP contribution is -2.63. The van der Waals surface area contributed by atoms with Gasteiger partial charge in [0.05, 0.1) is 0 Å². The fraction of sp³-hybridized carbons (Fsp3) is 0.417. The monoisotopic (exact) mass is 490 g/mol. The molecule has 0 unspecified atom stereocenters. The standard InChI is InChI=1S/C24H26O11/c1-12(25)30-11-20-21(31-13(2)26)22(32-14(3)27)23(33-15(4)28)24(35-20)34-19-10-17-8-6-5-7-16(17)9-18(19)29/h5-10,20-24,29H,11H2,1-4H3/t20-,21+,22+,23-,24-/m1/s1. The summed E-state index contributed by atoms with van der Waals surface area (Å²) < 4.78 is 32.8. The van der Waals surface area contributed by atoms with Crippen LogP contribution in [0.15, 0.2) is 36.4 Å². The molecular weight excluding hydrogens is 464 g/mol. The number of benzene rings is 2. The summed E-state index contributed by atoms with van der Waals surface area (Å²) in [5.41, 5.74) is 0. The summed E-state index contributed by atoms with van der Waals surface area (Å²) in [5.74, 6) is -3.12. The van der Waals surface area contributed by atoms with E-state index in [-0.39, 0.29) is 18.1 Å². The number of aromatic hydroxyl groups is 1. The van der Waals surface area contributed by atoms with Gasteiger partial charge in [0, 0.05) is 27.7 Å². The van der Waals surface area contributed by atoms with Gasteiger partial charge in [-0.05, 0) is 22.9 Å². The Morgan fingerprint density at radius 1 is 0.800 bits per heavy atom. The second kappa shape index (κ2) is 11.0. The number of ether oxygens (including phenoxy) is 6. The van der Waals surface area contributed by atoms with Gasteiger partial charge in [-0.15, -0.1) is 0 Å². The molecule has 1 heterocycles. The molecule has 0 aliphatic carbocycles. The van der Waals surface area contributed by atoms with E-state index in [9.17, 15) is 24.3 Å². The predicted molar refractivity (Wildman–Crippen MR) is 118 cm³/mol. The van der Waals surface area contributed by atoms with Crippen molar-refractivity contribution in [2.45, 2.75) is 58.4 Å². The van der Waals surface area contributed by atoms with Crippen LogP contribution in [0.5, 0.6) is 11.5 Å². The van der Waals surface area contributed by atoms with E-state index in [0.717, 1.165) is 31.5 Å². The highest BCUT2D eigenvalue weighted by Gasteiger charge is 2.53. The summed E-state index contributed by atoms with van der Waals surface area (Å²) >= 11 is 0. The van der Waals surface area contributed by atoms with E-state index in [0.29, 0.717) is 0 Å². The van der Waals surface area contributed by atoms with Gasteiger partial charge >= 0.3 is 23.9 Å². The summed E-state index contributed by atoms with van der Waals surface area (Å²) in [7, 11) is 0. The molecule has 0 saturated carbocycles. The molecule has 2 aromatic rings. The Morgan fingerprint density at radius 2 is 1.34 bits per heavy atom. The first-order valence-corrected chi connectivity index (χ1v) is 10.7. The van der Waals surface area contributed by atoms with Crippen LogP contribution in [-0.2, 0) is 42.9 Å². The Morgan fingerprint density at radius 3 is 1.91 bits per heavy atom. The third kappa shape index (κ3) is 6.60. The molecule has 0 spiro atoms. The van der Waals surface area contributed by atoms with Crippen LogP contribution in [0.2, 0.25) is 0 Å². The Balaban J connectivity index is 2.03. The first-order valence-electron chi connectivity index (χ1n) is 10.7. The molecule has 1 N–H and O–H groups in total. The molecule has 11 nitrogen and oxygen atoms in total. The van der Waals surface area contributed by atoms with Crippen molar-refractivity contribution >= 4 is 34.6 Å². The summed E-state index contributed by atoms with van der Waals surface area (Å²) in [6, 6.07) is 10.2. The van der Waals surface area contributed by atoms with E-state index in [1.165, 1.54) is 13.0 Å². The summed E-state index contributed by atoms with van der Waals surface area (Å²) in [4.78, 5) is 47.0. The Hall–Kier alpha value is -3.86. The van der Waals surface area contributed by atoms with E-state index >= 15 is 0 Å². The van der Waals surface area contributed by atoms with Crippen LogP contribution >= 0.6 is 0 Å². The van der Waals surface area contributed by atoms with Crippen LogP contribution in [0, 0.1) is 0 Å². The van der Waals surface area contributed by atoms with Crippen molar-refractivity contribution < 1.29 is 52.7 Å². The third-order valence-electron chi connectivity index (χ3n) is 5.02. The van der Waals surface area contributed by atoms with Crippen LogP contribution in [0.1, 0.15) is 27.7 Å². The third-order valence-corrected chi connectivity index (χ3v) is 5.02. The van der Waals surface area contributed by atoms with Crippen LogP contribution < -0.4 is 4.74 Å². The predicted octanol–water partition coefficient (Wildman–Crippen LogP) is 2.01. The van der Waals surface area contributed by atoms with Crippen LogP contribution in [-0.4, -0.2) is 66.3 Å².